The SMILES string of the molecule is CCCOc1cc(CC(=O)Nc2cc(Cl)ccc2C(=O)OC)cc(OCCC)c1O. The molecule has 2 aromatic carbocycles. The van der Waals surface area contributed by atoms with Gasteiger partial charge < -0.3 is 24.6 Å². The van der Waals surface area contributed by atoms with Gasteiger partial charge in [0.2, 0.25) is 11.7 Å². The van der Waals surface area contributed by atoms with Crippen LogP contribution in [0.4, 0.5) is 5.69 Å². The lowest BCUT2D eigenvalue weighted by atomic mass is 10.1. The number of rotatable bonds is 10. The zero-order valence-corrected chi connectivity index (χ0v) is 18.0. The van der Waals surface area contributed by atoms with E-state index in [1.54, 1.807) is 12.1 Å². The molecule has 0 atom stereocenters. The van der Waals surface area contributed by atoms with Crippen LogP contribution in [0.25, 0.3) is 0 Å². The summed E-state index contributed by atoms with van der Waals surface area (Å²) >= 11 is 6.00. The first-order valence-electron chi connectivity index (χ1n) is 9.68. The summed E-state index contributed by atoms with van der Waals surface area (Å²) in [4.78, 5) is 24.6. The van der Waals surface area contributed by atoms with Crippen LogP contribution in [-0.2, 0) is 16.0 Å². The van der Waals surface area contributed by atoms with Crippen molar-refractivity contribution in [1.29, 1.82) is 0 Å². The molecule has 0 aliphatic carbocycles. The van der Waals surface area contributed by atoms with Crippen molar-refractivity contribution in [3.8, 4) is 17.2 Å². The molecule has 30 heavy (non-hydrogen) atoms. The first kappa shape index (κ1) is 23.3. The third-order valence-corrected chi connectivity index (χ3v) is 4.28. The van der Waals surface area contributed by atoms with Crippen molar-refractivity contribution in [3.05, 3.63) is 46.5 Å². The number of aromatic hydroxyl groups is 1. The number of phenols is 1. The maximum Gasteiger partial charge on any atom is 0.339 e. The average Bonchev–Trinajstić information content (AvgIpc) is 2.72. The molecule has 2 rings (SSSR count). The molecule has 1 amide bonds. The van der Waals surface area contributed by atoms with Crippen molar-refractivity contribution in [2.24, 2.45) is 0 Å². The molecule has 0 aromatic heterocycles. The first-order valence-corrected chi connectivity index (χ1v) is 10.1. The van der Waals surface area contributed by atoms with E-state index in [1.165, 1.54) is 25.3 Å². The summed E-state index contributed by atoms with van der Waals surface area (Å²) in [6.45, 7) is 4.74. The number of ether oxygens (including phenoxy) is 3. The summed E-state index contributed by atoms with van der Waals surface area (Å²) in [6.07, 6.45) is 1.50. The van der Waals surface area contributed by atoms with Gasteiger partial charge in [0.1, 0.15) is 0 Å². The quantitative estimate of drug-likeness (QED) is 0.530. The summed E-state index contributed by atoms with van der Waals surface area (Å²) in [5.74, 6) is -0.547. The largest absolute Gasteiger partial charge is 0.502 e. The standard InChI is InChI=1S/C22H26ClNO6/c1-4-8-29-18-10-14(11-19(21(18)26)30-9-5-2)12-20(25)24-17-13-15(23)6-7-16(17)22(27)28-3/h6-7,10-11,13,26H,4-5,8-9,12H2,1-3H3,(H,24,25). The molecule has 2 N–H and O–H groups in total. The summed E-state index contributed by atoms with van der Waals surface area (Å²) in [5.41, 5.74) is 1.03. The number of methoxy groups -OCH3 is 1. The van der Waals surface area contributed by atoms with Gasteiger partial charge in [-0.3, -0.25) is 4.79 Å². The summed E-state index contributed by atoms with van der Waals surface area (Å²) in [6, 6.07) is 7.70. The number of esters is 1. The Morgan fingerprint density at radius 1 is 1.03 bits per heavy atom. The number of hydrogen-bond acceptors (Lipinski definition) is 6. The molecule has 162 valence electrons. The molecule has 0 bridgehead atoms. The van der Waals surface area contributed by atoms with Gasteiger partial charge in [-0.15, -0.1) is 0 Å². The fraction of sp³-hybridized carbons (Fsp3) is 0.364. The van der Waals surface area contributed by atoms with Gasteiger partial charge >= 0.3 is 5.97 Å². The Balaban J connectivity index is 2.25. The molecule has 0 saturated heterocycles. The van der Waals surface area contributed by atoms with E-state index in [2.05, 4.69) is 5.32 Å². The summed E-state index contributed by atoms with van der Waals surface area (Å²) in [5, 5.41) is 13.4. The van der Waals surface area contributed by atoms with Crippen molar-refractivity contribution in [2.45, 2.75) is 33.1 Å². The van der Waals surface area contributed by atoms with Gasteiger partial charge in [-0.25, -0.2) is 4.79 Å². The number of amides is 1. The third kappa shape index (κ3) is 6.29. The highest BCUT2D eigenvalue weighted by Crippen LogP contribution is 2.38. The van der Waals surface area contributed by atoms with Crippen molar-refractivity contribution < 1.29 is 28.9 Å². The van der Waals surface area contributed by atoms with Gasteiger partial charge in [-0.05, 0) is 48.7 Å². The molecule has 0 saturated carbocycles. The second-order valence-corrected chi connectivity index (χ2v) is 6.98. The van der Waals surface area contributed by atoms with Crippen molar-refractivity contribution in [1.82, 2.24) is 0 Å². The maximum atomic E-state index is 12.6. The van der Waals surface area contributed by atoms with Crippen LogP contribution in [0.3, 0.4) is 0 Å². The Morgan fingerprint density at radius 3 is 2.17 bits per heavy atom. The van der Waals surface area contributed by atoms with Crippen molar-refractivity contribution in [3.63, 3.8) is 0 Å². The predicted molar refractivity (Wildman–Crippen MR) is 115 cm³/mol. The molecule has 0 aliphatic heterocycles. The smallest absolute Gasteiger partial charge is 0.339 e. The zero-order valence-electron chi connectivity index (χ0n) is 17.3. The van der Waals surface area contributed by atoms with Crippen molar-refractivity contribution in [2.75, 3.05) is 25.6 Å². The molecule has 0 spiro atoms. The normalized spacial score (nSPS) is 10.4. The number of nitrogens with one attached hydrogen (secondary N) is 1. The van der Waals surface area contributed by atoms with Crippen LogP contribution >= 0.6 is 11.6 Å². The van der Waals surface area contributed by atoms with Gasteiger partial charge in [-0.2, -0.15) is 0 Å². The van der Waals surface area contributed by atoms with Crippen LogP contribution in [-0.4, -0.2) is 37.3 Å². The predicted octanol–water partition coefficient (Wildman–Crippen LogP) is 4.59. The Bertz CT molecular complexity index is 870. The van der Waals surface area contributed by atoms with Crippen LogP contribution in [0.1, 0.15) is 42.6 Å². The van der Waals surface area contributed by atoms with E-state index in [1.807, 2.05) is 13.8 Å². The van der Waals surface area contributed by atoms with Crippen LogP contribution in [0.2, 0.25) is 5.02 Å². The Labute approximate surface area is 180 Å². The maximum absolute atomic E-state index is 12.6. The molecule has 7 nitrogen and oxygen atoms in total. The number of hydrogen-bond donors (Lipinski definition) is 2. The Kier molecular flexibility index (Phi) is 8.80. The third-order valence-electron chi connectivity index (χ3n) is 4.05. The molecule has 0 unspecified atom stereocenters. The zero-order chi connectivity index (χ0) is 22.1. The molecule has 0 heterocycles. The fourth-order valence-corrected chi connectivity index (χ4v) is 2.84. The molecule has 0 aliphatic rings. The van der Waals surface area contributed by atoms with Gasteiger partial charge in [0.15, 0.2) is 11.5 Å². The second kappa shape index (κ2) is 11.3. The minimum atomic E-state index is -0.586. The highest BCUT2D eigenvalue weighted by molar-refractivity contribution is 6.31. The number of carbonyl (C=O) groups is 2. The van der Waals surface area contributed by atoms with Crippen LogP contribution in [0, 0.1) is 0 Å². The van der Waals surface area contributed by atoms with Gasteiger partial charge in [0.25, 0.3) is 0 Å². The molecule has 2 aromatic rings. The minimum absolute atomic E-state index is 0.0294. The van der Waals surface area contributed by atoms with Gasteiger partial charge in [0.05, 0.1) is 38.0 Å². The lowest BCUT2D eigenvalue weighted by molar-refractivity contribution is -0.115. The van der Waals surface area contributed by atoms with Crippen LogP contribution in [0.5, 0.6) is 17.2 Å². The molecular weight excluding hydrogens is 410 g/mol. The lowest BCUT2D eigenvalue weighted by Gasteiger charge is -2.15. The number of anilines is 1. The van der Waals surface area contributed by atoms with E-state index in [0.717, 1.165) is 12.8 Å². The average molecular weight is 436 g/mol. The minimum Gasteiger partial charge on any atom is -0.502 e. The fourth-order valence-electron chi connectivity index (χ4n) is 2.67. The number of halogens is 1. The molecular formula is C22H26ClNO6. The van der Waals surface area contributed by atoms with Crippen molar-refractivity contribution >= 4 is 29.2 Å². The topological polar surface area (TPSA) is 94.1 Å². The Hall–Kier alpha value is -2.93. The van der Waals surface area contributed by atoms with E-state index in [9.17, 15) is 14.7 Å². The summed E-state index contributed by atoms with van der Waals surface area (Å²) in [7, 11) is 1.26. The monoisotopic (exact) mass is 435 g/mol. The molecule has 0 fully saturated rings. The Morgan fingerprint density at radius 2 is 1.63 bits per heavy atom. The van der Waals surface area contributed by atoms with E-state index in [0.29, 0.717) is 23.8 Å². The van der Waals surface area contributed by atoms with Crippen LogP contribution < -0.4 is 14.8 Å². The highest BCUT2D eigenvalue weighted by atomic mass is 35.5. The second-order valence-electron chi connectivity index (χ2n) is 6.54. The van der Waals surface area contributed by atoms with Gasteiger partial charge in [-0.1, -0.05) is 25.4 Å². The lowest BCUT2D eigenvalue weighted by Crippen LogP contribution is -2.17. The van der Waals surface area contributed by atoms with E-state index in [-0.39, 0.29) is 40.8 Å². The number of carbonyl (C=O) groups excluding carboxylic acids is 2. The molecule has 0 radical (unpaired) electrons. The number of phenolic OH excluding ortho intramolecular Hbond substituents is 1. The summed E-state index contributed by atoms with van der Waals surface area (Å²) < 4.78 is 15.9. The first-order chi connectivity index (χ1) is 14.4. The van der Waals surface area contributed by atoms with E-state index < -0.39 is 5.97 Å². The van der Waals surface area contributed by atoms with Gasteiger partial charge in [0, 0.05) is 5.02 Å². The van der Waals surface area contributed by atoms with Crippen LogP contribution in [0.15, 0.2) is 30.3 Å². The van der Waals surface area contributed by atoms with E-state index in [4.69, 9.17) is 25.8 Å². The highest BCUT2D eigenvalue weighted by Gasteiger charge is 2.17. The van der Waals surface area contributed by atoms with E-state index >= 15 is 0 Å². The molecule has 8 heteroatoms. The number of benzene rings is 2.